The molecule has 1 aromatic carbocycles. The summed E-state index contributed by atoms with van der Waals surface area (Å²) in [4.78, 5) is 2.06. The van der Waals surface area contributed by atoms with E-state index in [0.717, 1.165) is 17.8 Å². The van der Waals surface area contributed by atoms with Crippen LogP contribution >= 0.6 is 0 Å². The van der Waals surface area contributed by atoms with Gasteiger partial charge in [-0.25, -0.2) is 0 Å². The maximum absolute atomic E-state index is 9.07. The Kier molecular flexibility index (Phi) is 4.56. The van der Waals surface area contributed by atoms with E-state index < -0.39 is 0 Å². The fourth-order valence-corrected chi connectivity index (χ4v) is 1.60. The molecule has 0 saturated heterocycles. The summed E-state index contributed by atoms with van der Waals surface area (Å²) >= 11 is 0. The van der Waals surface area contributed by atoms with Crippen LogP contribution < -0.4 is 4.90 Å². The van der Waals surface area contributed by atoms with Crippen molar-refractivity contribution in [1.82, 2.24) is 0 Å². The Balaban J connectivity index is 3.12. The van der Waals surface area contributed by atoms with Gasteiger partial charge < -0.3 is 10.0 Å². The van der Waals surface area contributed by atoms with E-state index in [4.69, 9.17) is 10.4 Å². The lowest BCUT2D eigenvalue weighted by Gasteiger charge is -2.22. The summed E-state index contributed by atoms with van der Waals surface area (Å²) < 4.78 is 0. The number of hydrogen-bond acceptors (Lipinski definition) is 3. The first-order valence-corrected chi connectivity index (χ1v) is 5.26. The standard InChI is InChI=1S/C13H16N2O/c1-3-7-15(4-2)13-6-5-11(10-16)8-12(13)9-14/h3,5-6,8,16H,1,4,7,10H2,2H3. The zero-order valence-corrected chi connectivity index (χ0v) is 9.48. The van der Waals surface area contributed by atoms with Crippen LogP contribution in [0.3, 0.4) is 0 Å². The minimum atomic E-state index is -0.0391. The Labute approximate surface area is 96.2 Å². The van der Waals surface area contributed by atoms with Crippen LogP contribution in [0.4, 0.5) is 5.69 Å². The summed E-state index contributed by atoms with van der Waals surface area (Å²) in [6, 6.07) is 7.59. The molecule has 1 rings (SSSR count). The van der Waals surface area contributed by atoms with Crippen molar-refractivity contribution >= 4 is 5.69 Å². The smallest absolute Gasteiger partial charge is 0.101 e. The largest absolute Gasteiger partial charge is 0.392 e. The van der Waals surface area contributed by atoms with Crippen LogP contribution in [-0.4, -0.2) is 18.2 Å². The minimum Gasteiger partial charge on any atom is -0.392 e. The zero-order valence-electron chi connectivity index (χ0n) is 9.48. The number of nitrogens with zero attached hydrogens (tertiary/aromatic N) is 2. The summed E-state index contributed by atoms with van der Waals surface area (Å²) in [5.41, 5.74) is 2.24. The first kappa shape index (κ1) is 12.3. The number of hydrogen-bond donors (Lipinski definition) is 1. The predicted molar refractivity (Wildman–Crippen MR) is 65.2 cm³/mol. The van der Waals surface area contributed by atoms with Crippen molar-refractivity contribution < 1.29 is 5.11 Å². The highest BCUT2D eigenvalue weighted by atomic mass is 16.3. The quantitative estimate of drug-likeness (QED) is 0.766. The molecule has 3 nitrogen and oxygen atoms in total. The molecule has 0 aromatic heterocycles. The van der Waals surface area contributed by atoms with Crippen LogP contribution in [0.5, 0.6) is 0 Å². The van der Waals surface area contributed by atoms with Crippen molar-refractivity contribution in [2.45, 2.75) is 13.5 Å². The number of likely N-dealkylation sites (N-methyl/N-ethyl adjacent to an activating group) is 1. The lowest BCUT2D eigenvalue weighted by molar-refractivity contribution is 0.282. The van der Waals surface area contributed by atoms with Crippen LogP contribution in [0.25, 0.3) is 0 Å². The molecule has 1 N–H and O–H groups in total. The number of anilines is 1. The van der Waals surface area contributed by atoms with Crippen molar-refractivity contribution in [3.8, 4) is 6.07 Å². The van der Waals surface area contributed by atoms with Crippen LogP contribution in [0.1, 0.15) is 18.1 Å². The van der Waals surface area contributed by atoms with Crippen molar-refractivity contribution in [1.29, 1.82) is 5.26 Å². The second kappa shape index (κ2) is 5.94. The minimum absolute atomic E-state index is 0.0391. The Morgan fingerprint density at radius 2 is 2.31 bits per heavy atom. The number of benzene rings is 1. The molecule has 0 atom stereocenters. The Bertz CT molecular complexity index is 407. The lowest BCUT2D eigenvalue weighted by Crippen LogP contribution is -2.23. The van der Waals surface area contributed by atoms with Gasteiger partial charge >= 0.3 is 0 Å². The summed E-state index contributed by atoms with van der Waals surface area (Å²) in [6.07, 6.45) is 1.81. The number of aliphatic hydroxyl groups excluding tert-OH is 1. The first-order valence-electron chi connectivity index (χ1n) is 5.26. The zero-order chi connectivity index (χ0) is 12.0. The molecule has 0 unspecified atom stereocenters. The predicted octanol–water partition coefficient (Wildman–Crippen LogP) is 2.06. The van der Waals surface area contributed by atoms with Crippen LogP contribution in [-0.2, 0) is 6.61 Å². The van der Waals surface area contributed by atoms with E-state index in [1.807, 2.05) is 25.1 Å². The van der Waals surface area contributed by atoms with E-state index in [9.17, 15) is 0 Å². The monoisotopic (exact) mass is 216 g/mol. The summed E-state index contributed by atoms with van der Waals surface area (Å²) in [5.74, 6) is 0. The molecule has 0 spiro atoms. The molecule has 0 aliphatic rings. The van der Waals surface area contributed by atoms with Crippen molar-refractivity contribution in [3.63, 3.8) is 0 Å². The normalized spacial score (nSPS) is 9.56. The van der Waals surface area contributed by atoms with Crippen molar-refractivity contribution in [2.75, 3.05) is 18.0 Å². The van der Waals surface area contributed by atoms with Gasteiger partial charge in [-0.05, 0) is 24.6 Å². The van der Waals surface area contributed by atoms with Gasteiger partial charge in [0.1, 0.15) is 6.07 Å². The van der Waals surface area contributed by atoms with E-state index in [1.165, 1.54) is 0 Å². The molecular formula is C13H16N2O. The second-order valence-corrected chi connectivity index (χ2v) is 3.45. The molecule has 0 aliphatic heterocycles. The van der Waals surface area contributed by atoms with Gasteiger partial charge in [-0.3, -0.25) is 0 Å². The highest BCUT2D eigenvalue weighted by Gasteiger charge is 2.08. The van der Waals surface area contributed by atoms with Crippen LogP contribution in [0.2, 0.25) is 0 Å². The molecule has 0 heterocycles. The molecule has 0 amide bonds. The molecule has 3 heteroatoms. The topological polar surface area (TPSA) is 47.3 Å². The van der Waals surface area contributed by atoms with Gasteiger partial charge in [0.2, 0.25) is 0 Å². The highest BCUT2D eigenvalue weighted by Crippen LogP contribution is 2.21. The first-order chi connectivity index (χ1) is 7.76. The van der Waals surface area contributed by atoms with Gasteiger partial charge in [-0.2, -0.15) is 5.26 Å². The van der Waals surface area contributed by atoms with Crippen LogP contribution in [0.15, 0.2) is 30.9 Å². The van der Waals surface area contributed by atoms with E-state index in [2.05, 4.69) is 17.5 Å². The molecular weight excluding hydrogens is 200 g/mol. The summed E-state index contributed by atoms with van der Waals surface area (Å²) in [7, 11) is 0. The lowest BCUT2D eigenvalue weighted by atomic mass is 10.1. The maximum atomic E-state index is 9.07. The molecule has 0 saturated carbocycles. The summed E-state index contributed by atoms with van der Waals surface area (Å²) in [6.45, 7) is 7.22. The van der Waals surface area contributed by atoms with Crippen molar-refractivity contribution in [2.24, 2.45) is 0 Å². The number of aliphatic hydroxyl groups is 1. The highest BCUT2D eigenvalue weighted by molar-refractivity contribution is 5.60. The van der Waals surface area contributed by atoms with Gasteiger partial charge in [-0.1, -0.05) is 12.1 Å². The average Bonchev–Trinajstić information content (AvgIpc) is 2.35. The van der Waals surface area contributed by atoms with Gasteiger partial charge in [-0.15, -0.1) is 6.58 Å². The fourth-order valence-electron chi connectivity index (χ4n) is 1.60. The number of rotatable bonds is 5. The Morgan fingerprint density at radius 1 is 1.56 bits per heavy atom. The summed E-state index contributed by atoms with van der Waals surface area (Å²) in [5, 5.41) is 18.1. The van der Waals surface area contributed by atoms with Gasteiger partial charge in [0.05, 0.1) is 17.9 Å². The molecule has 1 aromatic rings. The van der Waals surface area contributed by atoms with Crippen LogP contribution in [0, 0.1) is 11.3 Å². The number of nitriles is 1. The van der Waals surface area contributed by atoms with Gasteiger partial charge in [0.15, 0.2) is 0 Å². The van der Waals surface area contributed by atoms with E-state index >= 15 is 0 Å². The third-order valence-corrected chi connectivity index (χ3v) is 2.44. The molecule has 0 radical (unpaired) electrons. The second-order valence-electron chi connectivity index (χ2n) is 3.45. The molecule has 0 bridgehead atoms. The van der Waals surface area contributed by atoms with E-state index in [1.54, 1.807) is 6.07 Å². The third kappa shape index (κ3) is 2.62. The molecule has 84 valence electrons. The average molecular weight is 216 g/mol. The van der Waals surface area contributed by atoms with E-state index in [0.29, 0.717) is 12.1 Å². The van der Waals surface area contributed by atoms with Gasteiger partial charge in [0, 0.05) is 13.1 Å². The fraction of sp³-hybridized carbons (Fsp3) is 0.308. The molecule has 16 heavy (non-hydrogen) atoms. The Morgan fingerprint density at radius 3 is 2.81 bits per heavy atom. The molecule has 0 fully saturated rings. The third-order valence-electron chi connectivity index (χ3n) is 2.44. The van der Waals surface area contributed by atoms with E-state index in [-0.39, 0.29) is 6.61 Å². The Hall–Kier alpha value is -1.79. The van der Waals surface area contributed by atoms with Gasteiger partial charge in [0.25, 0.3) is 0 Å². The van der Waals surface area contributed by atoms with Crippen molar-refractivity contribution in [3.05, 3.63) is 42.0 Å². The maximum Gasteiger partial charge on any atom is 0.101 e. The molecule has 0 aliphatic carbocycles. The SMILES string of the molecule is C=CCN(CC)c1ccc(CO)cc1C#N.